The summed E-state index contributed by atoms with van der Waals surface area (Å²) in [7, 11) is -1.83. The molecule has 1 fully saturated rings. The van der Waals surface area contributed by atoms with Crippen LogP contribution in [0, 0.1) is 5.82 Å². The largest absolute Gasteiger partial charge is 0.616 e. The van der Waals surface area contributed by atoms with Crippen LogP contribution in [-0.2, 0) is 21.4 Å². The van der Waals surface area contributed by atoms with E-state index in [1.165, 1.54) is 12.3 Å². The van der Waals surface area contributed by atoms with Crippen molar-refractivity contribution in [2.24, 2.45) is 0 Å². The minimum atomic E-state index is -1.83. The molecule has 0 amide bonds. The topological polar surface area (TPSA) is 79.3 Å². The smallest absolute Gasteiger partial charge is 0.227 e. The highest BCUT2D eigenvalue weighted by molar-refractivity contribution is 7.89. The molecule has 1 aliphatic rings. The number of fused-ring (bicyclic) bond motifs is 1. The van der Waals surface area contributed by atoms with Gasteiger partial charge in [-0.3, -0.25) is 0 Å². The van der Waals surface area contributed by atoms with Crippen LogP contribution in [0.15, 0.2) is 36.5 Å². The standard InChI is InChI=1S/C28H37ClFN3O3SSi/c1-28(2,3)38(5,6)36-21-12-10-20(11-13-21)35-26-23(29)15-24(30)22-16-31-27(33-25(22)26)32-19-9-7-8-18(14-19)17-37(4)34/h7-9,14-16,20-21H,10-13,17H2,1-6H3,(H,31,32,33)/t20-,21+,37?. The summed E-state index contributed by atoms with van der Waals surface area (Å²) < 4.78 is 39.4. The van der Waals surface area contributed by atoms with Gasteiger partial charge in [-0.1, -0.05) is 55.7 Å². The molecule has 0 spiro atoms. The zero-order valence-corrected chi connectivity index (χ0v) is 25.5. The molecule has 0 aliphatic heterocycles. The first-order chi connectivity index (χ1) is 17.8. The van der Waals surface area contributed by atoms with Crippen LogP contribution in [0.2, 0.25) is 23.2 Å². The highest BCUT2D eigenvalue weighted by Gasteiger charge is 2.40. The van der Waals surface area contributed by atoms with Gasteiger partial charge < -0.3 is 19.0 Å². The first-order valence-electron chi connectivity index (χ1n) is 13.0. The molecule has 1 atom stereocenters. The summed E-state index contributed by atoms with van der Waals surface area (Å²) >= 11 is 5.53. The number of halogens is 2. The number of hydrogen-bond acceptors (Lipinski definition) is 6. The molecule has 10 heteroatoms. The van der Waals surface area contributed by atoms with E-state index in [0.29, 0.717) is 23.0 Å². The Morgan fingerprint density at radius 3 is 2.50 bits per heavy atom. The Kier molecular flexibility index (Phi) is 8.94. The molecule has 0 bridgehead atoms. The normalized spacial score (nSPS) is 19.4. The minimum absolute atomic E-state index is 0.0570. The average Bonchev–Trinajstić information content (AvgIpc) is 2.81. The monoisotopic (exact) mass is 577 g/mol. The fourth-order valence-corrected chi connectivity index (χ4v) is 6.70. The molecular weight excluding hydrogens is 541 g/mol. The number of anilines is 2. The lowest BCUT2D eigenvalue weighted by atomic mass is 9.95. The van der Waals surface area contributed by atoms with Gasteiger partial charge in [0.05, 0.1) is 22.8 Å². The maximum absolute atomic E-state index is 14.8. The third-order valence-electron chi connectivity index (χ3n) is 7.46. The highest BCUT2D eigenvalue weighted by Crippen LogP contribution is 2.41. The van der Waals surface area contributed by atoms with Crippen LogP contribution in [0.1, 0.15) is 52.0 Å². The van der Waals surface area contributed by atoms with Crippen molar-refractivity contribution in [3.63, 3.8) is 0 Å². The predicted molar refractivity (Wildman–Crippen MR) is 157 cm³/mol. The fourth-order valence-electron chi connectivity index (χ4n) is 4.40. The average molecular weight is 578 g/mol. The van der Waals surface area contributed by atoms with Crippen molar-refractivity contribution in [2.45, 2.75) is 82.5 Å². The van der Waals surface area contributed by atoms with Crippen LogP contribution in [0.5, 0.6) is 5.75 Å². The van der Waals surface area contributed by atoms with E-state index in [1.807, 2.05) is 24.3 Å². The molecular formula is C28H37ClFN3O3SSi. The molecule has 3 aromatic rings. The van der Waals surface area contributed by atoms with Crippen molar-refractivity contribution in [1.29, 1.82) is 0 Å². The van der Waals surface area contributed by atoms with Crippen molar-refractivity contribution in [3.8, 4) is 5.75 Å². The van der Waals surface area contributed by atoms with Crippen molar-refractivity contribution >= 4 is 53.6 Å². The SMILES string of the molecule is C[S+]([O-])Cc1cccc(Nc2ncc3c(F)cc(Cl)c(O[C@H]4CC[C@@H](O[Si](C)(C)C(C)(C)C)CC4)c3n2)c1. The summed E-state index contributed by atoms with van der Waals surface area (Å²) in [6.07, 6.45) is 6.77. The second-order valence-corrected chi connectivity index (χ2v) is 18.2. The van der Waals surface area contributed by atoms with E-state index >= 15 is 0 Å². The molecule has 1 saturated carbocycles. The number of benzene rings is 2. The molecule has 1 aliphatic carbocycles. The van der Waals surface area contributed by atoms with E-state index < -0.39 is 25.3 Å². The van der Waals surface area contributed by atoms with Crippen LogP contribution < -0.4 is 10.1 Å². The maximum atomic E-state index is 14.8. The second kappa shape index (κ2) is 11.7. The lowest BCUT2D eigenvalue weighted by Crippen LogP contribution is -2.45. The summed E-state index contributed by atoms with van der Waals surface area (Å²) in [5.74, 6) is 0.626. The molecule has 6 nitrogen and oxygen atoms in total. The van der Waals surface area contributed by atoms with E-state index in [0.717, 1.165) is 36.9 Å². The lowest BCUT2D eigenvalue weighted by molar-refractivity contribution is 0.0733. The quantitative estimate of drug-likeness (QED) is 0.218. The summed E-state index contributed by atoms with van der Waals surface area (Å²) in [6, 6.07) is 8.82. The van der Waals surface area contributed by atoms with Gasteiger partial charge in [-0.25, -0.2) is 14.4 Å². The van der Waals surface area contributed by atoms with Crippen molar-refractivity contribution in [2.75, 3.05) is 11.6 Å². The number of nitrogens with one attached hydrogen (secondary N) is 1. The number of nitrogens with zero attached hydrogens (tertiary/aromatic N) is 2. The third-order valence-corrected chi connectivity index (χ3v) is 13.0. The van der Waals surface area contributed by atoms with Crippen molar-refractivity contribution < 1.29 is 18.1 Å². The number of hydrogen-bond donors (Lipinski definition) is 1. The van der Waals surface area contributed by atoms with Crippen molar-refractivity contribution in [3.05, 3.63) is 52.9 Å². The lowest BCUT2D eigenvalue weighted by Gasteiger charge is -2.41. The van der Waals surface area contributed by atoms with Crippen LogP contribution in [0.25, 0.3) is 10.9 Å². The molecule has 1 aromatic heterocycles. The molecule has 0 radical (unpaired) electrons. The van der Waals surface area contributed by atoms with Gasteiger partial charge in [-0.2, -0.15) is 0 Å². The molecule has 4 rings (SSSR count). The number of rotatable bonds is 8. The van der Waals surface area contributed by atoms with E-state index in [-0.39, 0.29) is 27.7 Å². The zero-order chi connectivity index (χ0) is 27.7. The molecule has 38 heavy (non-hydrogen) atoms. The van der Waals surface area contributed by atoms with E-state index in [1.54, 1.807) is 6.26 Å². The first kappa shape index (κ1) is 29.1. The van der Waals surface area contributed by atoms with Gasteiger partial charge in [0.2, 0.25) is 5.95 Å². The van der Waals surface area contributed by atoms with Gasteiger partial charge in [-0.15, -0.1) is 0 Å². The summed E-state index contributed by atoms with van der Waals surface area (Å²) in [5.41, 5.74) is 2.01. The molecule has 1 heterocycles. The summed E-state index contributed by atoms with van der Waals surface area (Å²) in [5, 5.41) is 3.77. The molecule has 2 aromatic carbocycles. The Morgan fingerprint density at radius 1 is 1.16 bits per heavy atom. The Labute approximate surface area is 234 Å². The first-order valence-corrected chi connectivity index (χ1v) is 18.0. The fraction of sp³-hybridized carbons (Fsp3) is 0.500. The number of aromatic nitrogens is 2. The highest BCUT2D eigenvalue weighted by atomic mass is 35.5. The summed E-state index contributed by atoms with van der Waals surface area (Å²) in [6.45, 7) is 11.3. The molecule has 1 unspecified atom stereocenters. The molecule has 206 valence electrons. The molecule has 0 saturated heterocycles. The third kappa shape index (κ3) is 6.99. The van der Waals surface area contributed by atoms with Crippen LogP contribution in [0.4, 0.5) is 16.0 Å². The van der Waals surface area contributed by atoms with Gasteiger partial charge in [0.15, 0.2) is 14.1 Å². The van der Waals surface area contributed by atoms with Gasteiger partial charge in [-0.05, 0) is 62.0 Å². The van der Waals surface area contributed by atoms with Gasteiger partial charge in [0.1, 0.15) is 17.1 Å². The van der Waals surface area contributed by atoms with Crippen LogP contribution >= 0.6 is 11.6 Å². The Bertz CT molecular complexity index is 1280. The van der Waals surface area contributed by atoms with Crippen LogP contribution in [0.3, 0.4) is 0 Å². The maximum Gasteiger partial charge on any atom is 0.227 e. The Morgan fingerprint density at radius 2 is 1.84 bits per heavy atom. The zero-order valence-electron chi connectivity index (χ0n) is 22.9. The van der Waals surface area contributed by atoms with Gasteiger partial charge in [0, 0.05) is 23.6 Å². The molecule has 1 N–H and O–H groups in total. The van der Waals surface area contributed by atoms with E-state index in [2.05, 4.69) is 49.1 Å². The minimum Gasteiger partial charge on any atom is -0.616 e. The Hall–Kier alpha value is -1.91. The van der Waals surface area contributed by atoms with E-state index in [9.17, 15) is 8.94 Å². The van der Waals surface area contributed by atoms with Crippen molar-refractivity contribution in [1.82, 2.24) is 9.97 Å². The predicted octanol–water partition coefficient (Wildman–Crippen LogP) is 7.76. The van der Waals surface area contributed by atoms with Gasteiger partial charge >= 0.3 is 0 Å². The van der Waals surface area contributed by atoms with E-state index in [4.69, 9.17) is 20.8 Å². The number of ether oxygens (including phenoxy) is 1. The second-order valence-electron chi connectivity index (χ2n) is 11.6. The summed E-state index contributed by atoms with van der Waals surface area (Å²) in [4.78, 5) is 8.89. The van der Waals surface area contributed by atoms with Crippen LogP contribution in [-0.4, -0.2) is 41.3 Å². The Balaban J connectivity index is 1.51. The van der Waals surface area contributed by atoms with Gasteiger partial charge in [0.25, 0.3) is 0 Å².